The first kappa shape index (κ1) is 22.2. The predicted octanol–water partition coefficient (Wildman–Crippen LogP) is 3.88. The van der Waals surface area contributed by atoms with E-state index < -0.39 is 10.0 Å². The highest BCUT2D eigenvalue weighted by Gasteiger charge is 2.17. The van der Waals surface area contributed by atoms with Gasteiger partial charge in [-0.3, -0.25) is 4.79 Å². The van der Waals surface area contributed by atoms with E-state index in [4.69, 9.17) is 11.6 Å². The van der Waals surface area contributed by atoms with Gasteiger partial charge in [0.05, 0.1) is 5.02 Å². The zero-order valence-corrected chi connectivity index (χ0v) is 17.8. The number of sulfonamides is 1. The minimum absolute atomic E-state index is 0.00158. The summed E-state index contributed by atoms with van der Waals surface area (Å²) in [5.41, 5.74) is 1.76. The Hall–Kier alpha value is -2.09. The van der Waals surface area contributed by atoms with Gasteiger partial charge >= 0.3 is 0 Å². The van der Waals surface area contributed by atoms with Gasteiger partial charge in [0.2, 0.25) is 15.9 Å². The van der Waals surface area contributed by atoms with Crippen LogP contribution in [0.15, 0.2) is 53.4 Å². The van der Waals surface area contributed by atoms with Crippen molar-refractivity contribution in [1.29, 1.82) is 0 Å². The number of nitrogens with one attached hydrogen (secondary N) is 2. The number of halogens is 1. The largest absolute Gasteiger partial charge is 0.369 e. The van der Waals surface area contributed by atoms with E-state index in [1.807, 2.05) is 24.3 Å². The average molecular weight is 424 g/mol. The average Bonchev–Trinajstić information content (AvgIpc) is 2.63. The molecule has 2 rings (SSSR count). The van der Waals surface area contributed by atoms with Crippen molar-refractivity contribution in [2.45, 2.75) is 38.1 Å². The molecule has 152 valence electrons. The third kappa shape index (κ3) is 5.95. The van der Waals surface area contributed by atoms with Gasteiger partial charge in [0.15, 0.2) is 0 Å². The van der Waals surface area contributed by atoms with Crippen LogP contribution in [0.25, 0.3) is 0 Å². The lowest BCUT2D eigenvalue weighted by Crippen LogP contribution is -2.30. The number of rotatable bonds is 9. The number of hydrogen-bond donors (Lipinski definition) is 2. The Labute approximate surface area is 171 Å². The zero-order valence-electron chi connectivity index (χ0n) is 16.3. The van der Waals surface area contributed by atoms with E-state index in [2.05, 4.69) is 35.7 Å². The third-order valence-corrected chi connectivity index (χ3v) is 6.18. The molecule has 2 aromatic rings. The van der Waals surface area contributed by atoms with Crippen LogP contribution in [0.3, 0.4) is 0 Å². The van der Waals surface area contributed by atoms with Crippen molar-refractivity contribution in [2.75, 3.05) is 23.3 Å². The molecule has 28 heavy (non-hydrogen) atoms. The molecule has 8 heteroatoms. The van der Waals surface area contributed by atoms with Crippen molar-refractivity contribution < 1.29 is 13.2 Å². The predicted molar refractivity (Wildman–Crippen MR) is 114 cm³/mol. The quantitative estimate of drug-likeness (QED) is 0.641. The molecule has 2 N–H and O–H groups in total. The molecule has 0 heterocycles. The summed E-state index contributed by atoms with van der Waals surface area (Å²) >= 11 is 5.92. The maximum absolute atomic E-state index is 12.2. The number of nitrogens with zero attached hydrogens (tertiary/aromatic N) is 1. The van der Waals surface area contributed by atoms with Gasteiger partial charge in [-0.05, 0) is 57.2 Å². The van der Waals surface area contributed by atoms with Crippen LogP contribution in [0, 0.1) is 0 Å². The highest BCUT2D eigenvalue weighted by Crippen LogP contribution is 2.21. The van der Waals surface area contributed by atoms with Gasteiger partial charge in [-0.25, -0.2) is 13.1 Å². The lowest BCUT2D eigenvalue weighted by molar-refractivity contribution is -0.116. The van der Waals surface area contributed by atoms with Crippen LogP contribution in [-0.2, 0) is 14.8 Å². The summed E-state index contributed by atoms with van der Waals surface area (Å²) in [6, 6.07) is 14.2. The van der Waals surface area contributed by atoms with Gasteiger partial charge in [-0.1, -0.05) is 23.7 Å². The summed E-state index contributed by atoms with van der Waals surface area (Å²) in [5, 5.41) is 2.92. The van der Waals surface area contributed by atoms with E-state index in [1.165, 1.54) is 12.1 Å². The van der Waals surface area contributed by atoms with E-state index in [9.17, 15) is 13.2 Å². The highest BCUT2D eigenvalue weighted by molar-refractivity contribution is 7.89. The van der Waals surface area contributed by atoms with Crippen molar-refractivity contribution in [3.8, 4) is 0 Å². The van der Waals surface area contributed by atoms with E-state index in [0.717, 1.165) is 12.2 Å². The van der Waals surface area contributed by atoms with E-state index in [-0.39, 0.29) is 28.8 Å². The molecule has 2 aromatic carbocycles. The first-order chi connectivity index (χ1) is 13.2. The molecule has 0 aliphatic heterocycles. The van der Waals surface area contributed by atoms with Crippen LogP contribution in [0.5, 0.6) is 0 Å². The van der Waals surface area contributed by atoms with Crippen molar-refractivity contribution in [3.05, 3.63) is 53.6 Å². The van der Waals surface area contributed by atoms with Crippen LogP contribution in [0.4, 0.5) is 11.4 Å². The van der Waals surface area contributed by atoms with E-state index in [1.54, 1.807) is 12.1 Å². The van der Waals surface area contributed by atoms with Crippen molar-refractivity contribution in [2.24, 2.45) is 0 Å². The fourth-order valence-corrected chi connectivity index (χ4v) is 4.39. The molecular formula is C20H26ClN3O3S. The van der Waals surface area contributed by atoms with Crippen LogP contribution < -0.4 is 14.9 Å². The van der Waals surface area contributed by atoms with Gasteiger partial charge in [-0.15, -0.1) is 0 Å². The Morgan fingerprint density at radius 2 is 1.75 bits per heavy atom. The van der Waals surface area contributed by atoms with Gasteiger partial charge < -0.3 is 10.2 Å². The third-order valence-electron chi connectivity index (χ3n) is 4.22. The van der Waals surface area contributed by atoms with Gasteiger partial charge in [0, 0.05) is 36.9 Å². The molecule has 0 saturated carbocycles. The smallest absolute Gasteiger partial charge is 0.242 e. The molecule has 0 aliphatic rings. The van der Waals surface area contributed by atoms with E-state index >= 15 is 0 Å². The molecule has 0 radical (unpaired) electrons. The minimum Gasteiger partial charge on any atom is -0.369 e. The van der Waals surface area contributed by atoms with Gasteiger partial charge in [0.25, 0.3) is 0 Å². The topological polar surface area (TPSA) is 78.5 Å². The van der Waals surface area contributed by atoms with Gasteiger partial charge in [-0.2, -0.15) is 0 Å². The number of amides is 1. The molecule has 0 aliphatic carbocycles. The molecule has 0 spiro atoms. The molecular weight excluding hydrogens is 398 g/mol. The maximum atomic E-state index is 12.2. The Morgan fingerprint density at radius 1 is 1.11 bits per heavy atom. The lowest BCUT2D eigenvalue weighted by atomic mass is 10.2. The van der Waals surface area contributed by atoms with Crippen molar-refractivity contribution in [3.63, 3.8) is 0 Å². The zero-order chi connectivity index (χ0) is 20.7. The van der Waals surface area contributed by atoms with Gasteiger partial charge in [0.1, 0.15) is 4.90 Å². The number of benzene rings is 2. The molecule has 0 aromatic heterocycles. The summed E-state index contributed by atoms with van der Waals surface area (Å²) in [7, 11) is -3.75. The summed E-state index contributed by atoms with van der Waals surface area (Å²) in [6.07, 6.45) is 0.0124. The molecule has 0 unspecified atom stereocenters. The Balaban J connectivity index is 1.88. The van der Waals surface area contributed by atoms with Crippen LogP contribution >= 0.6 is 11.6 Å². The summed E-state index contributed by atoms with van der Waals surface area (Å²) in [5.74, 6) is -0.272. The van der Waals surface area contributed by atoms with Crippen molar-refractivity contribution in [1.82, 2.24) is 4.72 Å². The first-order valence-corrected chi connectivity index (χ1v) is 11.0. The molecule has 0 atom stereocenters. The SMILES string of the molecule is CCN(c1ccc(NC(=O)CCNS(=O)(=O)c2ccccc2Cl)cc1)C(C)C. The number of hydrogen-bond acceptors (Lipinski definition) is 4. The van der Waals surface area contributed by atoms with Crippen LogP contribution in [-0.4, -0.2) is 33.5 Å². The Morgan fingerprint density at radius 3 is 2.32 bits per heavy atom. The normalized spacial score (nSPS) is 11.5. The molecule has 0 saturated heterocycles. The number of carbonyl (C=O) groups is 1. The first-order valence-electron chi connectivity index (χ1n) is 9.15. The molecule has 0 bridgehead atoms. The second kappa shape index (κ2) is 9.91. The number of anilines is 2. The summed E-state index contributed by atoms with van der Waals surface area (Å²) in [4.78, 5) is 14.3. The summed E-state index contributed by atoms with van der Waals surface area (Å²) in [6.45, 7) is 7.23. The molecule has 0 fully saturated rings. The van der Waals surface area contributed by atoms with Crippen molar-refractivity contribution >= 4 is 38.9 Å². The molecule has 1 amide bonds. The monoisotopic (exact) mass is 423 g/mol. The summed E-state index contributed by atoms with van der Waals surface area (Å²) < 4.78 is 26.9. The van der Waals surface area contributed by atoms with E-state index in [0.29, 0.717) is 11.7 Å². The lowest BCUT2D eigenvalue weighted by Gasteiger charge is -2.27. The number of carbonyl (C=O) groups excluding carboxylic acids is 1. The molecule has 6 nitrogen and oxygen atoms in total. The minimum atomic E-state index is -3.75. The highest BCUT2D eigenvalue weighted by atomic mass is 35.5. The Kier molecular flexibility index (Phi) is 7.86. The second-order valence-corrected chi connectivity index (χ2v) is 8.70. The standard InChI is InChI=1S/C20H26ClN3O3S/c1-4-24(15(2)3)17-11-9-16(10-12-17)23-20(25)13-14-22-28(26,27)19-8-6-5-7-18(19)21/h5-12,15,22H,4,13-14H2,1-3H3,(H,23,25). The van der Waals surface area contributed by atoms with Crippen LogP contribution in [0.1, 0.15) is 27.2 Å². The fourth-order valence-electron chi connectivity index (χ4n) is 2.84. The Bertz CT molecular complexity index is 899. The maximum Gasteiger partial charge on any atom is 0.242 e. The van der Waals surface area contributed by atoms with Crippen LogP contribution in [0.2, 0.25) is 5.02 Å². The second-order valence-electron chi connectivity index (χ2n) is 6.55. The fraction of sp³-hybridized carbons (Fsp3) is 0.350.